The molecule has 0 aliphatic carbocycles. The zero-order chi connectivity index (χ0) is 10.1. The van der Waals surface area contributed by atoms with E-state index in [9.17, 15) is 13.2 Å². The van der Waals surface area contributed by atoms with Gasteiger partial charge in [-0.3, -0.25) is 0 Å². The Kier molecular flexibility index (Phi) is 4.42. The molecule has 0 aliphatic rings. The van der Waals surface area contributed by atoms with E-state index >= 15 is 0 Å². The monoisotopic (exact) mass is 225 g/mol. The van der Waals surface area contributed by atoms with E-state index in [1.807, 2.05) is 0 Å². The van der Waals surface area contributed by atoms with Crippen LogP contribution >= 0.6 is 12.4 Å². The van der Waals surface area contributed by atoms with Crippen molar-refractivity contribution in [3.8, 4) is 0 Å². The van der Waals surface area contributed by atoms with Gasteiger partial charge in [0.15, 0.2) is 0 Å². The van der Waals surface area contributed by atoms with Gasteiger partial charge in [-0.2, -0.15) is 13.2 Å². The minimum Gasteiger partial charge on any atom is -0.324 e. The van der Waals surface area contributed by atoms with Crippen LogP contribution in [0.1, 0.15) is 24.1 Å². The number of hydrogen-bond donors (Lipinski definition) is 1. The van der Waals surface area contributed by atoms with Gasteiger partial charge in [0.2, 0.25) is 0 Å². The van der Waals surface area contributed by atoms with E-state index < -0.39 is 11.7 Å². The highest BCUT2D eigenvalue weighted by atomic mass is 35.5. The fourth-order valence-electron chi connectivity index (χ4n) is 0.976. The first kappa shape index (κ1) is 13.3. The third-order valence-corrected chi connectivity index (χ3v) is 1.76. The highest BCUT2D eigenvalue weighted by Crippen LogP contribution is 2.29. The van der Waals surface area contributed by atoms with Crippen LogP contribution in [0, 0.1) is 0 Å². The van der Waals surface area contributed by atoms with E-state index in [1.165, 1.54) is 12.1 Å². The average Bonchev–Trinajstić information content (AvgIpc) is 2.03. The summed E-state index contributed by atoms with van der Waals surface area (Å²) in [5.41, 5.74) is 5.55. The van der Waals surface area contributed by atoms with Gasteiger partial charge in [0.05, 0.1) is 5.56 Å². The lowest BCUT2D eigenvalue weighted by Crippen LogP contribution is -2.07. The first-order valence-electron chi connectivity index (χ1n) is 3.84. The first-order chi connectivity index (χ1) is 5.91. The van der Waals surface area contributed by atoms with Gasteiger partial charge in [0, 0.05) is 6.04 Å². The van der Waals surface area contributed by atoms with Crippen molar-refractivity contribution >= 4 is 12.4 Å². The molecule has 80 valence electrons. The molecule has 0 saturated carbocycles. The number of benzene rings is 1. The number of hydrogen-bond acceptors (Lipinski definition) is 1. The Bertz CT molecular complexity index is 279. The molecule has 1 aromatic rings. The molecule has 2 N–H and O–H groups in total. The third-order valence-electron chi connectivity index (χ3n) is 1.76. The van der Waals surface area contributed by atoms with Crippen molar-refractivity contribution in [3.05, 3.63) is 35.4 Å². The second kappa shape index (κ2) is 4.66. The maximum atomic E-state index is 12.1. The largest absolute Gasteiger partial charge is 0.416 e. The standard InChI is InChI=1S/C9H10F3N.ClH/c1-6(13)7-2-4-8(5-3-7)9(10,11)12;/h2-6H,13H2,1H3;1H. The Labute approximate surface area is 86.5 Å². The summed E-state index contributed by atoms with van der Waals surface area (Å²) >= 11 is 0. The van der Waals surface area contributed by atoms with Gasteiger partial charge in [-0.1, -0.05) is 12.1 Å². The van der Waals surface area contributed by atoms with Gasteiger partial charge in [-0.15, -0.1) is 12.4 Å². The van der Waals surface area contributed by atoms with E-state index in [1.54, 1.807) is 6.92 Å². The second-order valence-corrected chi connectivity index (χ2v) is 2.91. The molecule has 0 radical (unpaired) electrons. The second-order valence-electron chi connectivity index (χ2n) is 2.91. The Hall–Kier alpha value is -0.740. The summed E-state index contributed by atoms with van der Waals surface area (Å²) in [5.74, 6) is 0. The van der Waals surface area contributed by atoms with Crippen LogP contribution in [0.15, 0.2) is 24.3 Å². The highest BCUT2D eigenvalue weighted by molar-refractivity contribution is 5.85. The lowest BCUT2D eigenvalue weighted by Gasteiger charge is -2.09. The molecule has 0 saturated heterocycles. The molecule has 0 amide bonds. The van der Waals surface area contributed by atoms with Crippen molar-refractivity contribution in [3.63, 3.8) is 0 Å². The molecule has 0 aliphatic heterocycles. The first-order valence-corrected chi connectivity index (χ1v) is 3.84. The molecule has 1 unspecified atom stereocenters. The van der Waals surface area contributed by atoms with E-state index in [0.717, 1.165) is 12.1 Å². The molecule has 1 rings (SSSR count). The van der Waals surface area contributed by atoms with E-state index in [-0.39, 0.29) is 18.4 Å². The Morgan fingerprint density at radius 1 is 1.14 bits per heavy atom. The molecule has 1 nitrogen and oxygen atoms in total. The molecule has 0 aromatic heterocycles. The van der Waals surface area contributed by atoms with Crippen LogP contribution in [0.2, 0.25) is 0 Å². The van der Waals surface area contributed by atoms with Crippen molar-refractivity contribution < 1.29 is 13.2 Å². The zero-order valence-corrected chi connectivity index (χ0v) is 8.32. The normalized spacial score (nSPS) is 13.2. The van der Waals surface area contributed by atoms with Crippen molar-refractivity contribution in [2.75, 3.05) is 0 Å². The molecule has 0 fully saturated rings. The maximum Gasteiger partial charge on any atom is 0.416 e. The fourth-order valence-corrected chi connectivity index (χ4v) is 0.976. The van der Waals surface area contributed by atoms with Crippen molar-refractivity contribution in [2.24, 2.45) is 5.73 Å². The SMILES string of the molecule is CC(N)c1ccc(C(F)(F)F)cc1.Cl. The van der Waals surface area contributed by atoms with Gasteiger partial charge < -0.3 is 5.73 Å². The van der Waals surface area contributed by atoms with Crippen LogP contribution in [-0.2, 0) is 6.18 Å². The summed E-state index contributed by atoms with van der Waals surface area (Å²) in [7, 11) is 0. The van der Waals surface area contributed by atoms with Crippen molar-refractivity contribution in [2.45, 2.75) is 19.1 Å². The molecule has 0 bridgehead atoms. The smallest absolute Gasteiger partial charge is 0.324 e. The molecular formula is C9H11ClF3N. The summed E-state index contributed by atoms with van der Waals surface area (Å²) in [4.78, 5) is 0. The van der Waals surface area contributed by atoms with Crippen LogP contribution in [0.25, 0.3) is 0 Å². The van der Waals surface area contributed by atoms with Gasteiger partial charge in [-0.25, -0.2) is 0 Å². The van der Waals surface area contributed by atoms with Crippen LogP contribution in [0.4, 0.5) is 13.2 Å². The van der Waals surface area contributed by atoms with Crippen LogP contribution in [0.5, 0.6) is 0 Å². The third kappa shape index (κ3) is 3.20. The predicted molar refractivity (Wildman–Crippen MR) is 51.3 cm³/mol. The summed E-state index contributed by atoms with van der Waals surface area (Å²) in [6, 6.07) is 4.64. The van der Waals surface area contributed by atoms with Crippen molar-refractivity contribution in [1.82, 2.24) is 0 Å². The van der Waals surface area contributed by atoms with Gasteiger partial charge in [-0.05, 0) is 24.6 Å². The number of alkyl halides is 3. The Balaban J connectivity index is 0.00000169. The molecule has 5 heteroatoms. The topological polar surface area (TPSA) is 26.0 Å². The molecular weight excluding hydrogens is 215 g/mol. The Morgan fingerprint density at radius 3 is 1.86 bits per heavy atom. The summed E-state index contributed by atoms with van der Waals surface area (Å²) in [6.45, 7) is 1.72. The summed E-state index contributed by atoms with van der Waals surface area (Å²) in [5, 5.41) is 0. The van der Waals surface area contributed by atoms with Crippen LogP contribution in [-0.4, -0.2) is 0 Å². The van der Waals surface area contributed by atoms with E-state index in [4.69, 9.17) is 5.73 Å². The van der Waals surface area contributed by atoms with Crippen molar-refractivity contribution in [1.29, 1.82) is 0 Å². The van der Waals surface area contributed by atoms with Gasteiger partial charge in [0.1, 0.15) is 0 Å². The van der Waals surface area contributed by atoms with Gasteiger partial charge in [0.25, 0.3) is 0 Å². The van der Waals surface area contributed by atoms with Gasteiger partial charge >= 0.3 is 6.18 Å². The molecule has 1 aromatic carbocycles. The lowest BCUT2D eigenvalue weighted by atomic mass is 10.1. The molecule has 1 atom stereocenters. The quantitative estimate of drug-likeness (QED) is 0.781. The minimum absolute atomic E-state index is 0. The molecule has 0 spiro atoms. The predicted octanol–water partition coefficient (Wildman–Crippen LogP) is 3.15. The van der Waals surface area contributed by atoms with E-state index in [2.05, 4.69) is 0 Å². The number of halogens is 4. The zero-order valence-electron chi connectivity index (χ0n) is 7.51. The van der Waals surface area contributed by atoms with Crippen LogP contribution in [0.3, 0.4) is 0 Å². The number of rotatable bonds is 1. The van der Waals surface area contributed by atoms with E-state index in [0.29, 0.717) is 5.56 Å². The minimum atomic E-state index is -4.27. The molecule has 14 heavy (non-hydrogen) atoms. The lowest BCUT2D eigenvalue weighted by molar-refractivity contribution is -0.137. The summed E-state index contributed by atoms with van der Waals surface area (Å²) < 4.78 is 36.3. The Morgan fingerprint density at radius 2 is 1.57 bits per heavy atom. The molecule has 0 heterocycles. The summed E-state index contributed by atoms with van der Waals surface area (Å²) in [6.07, 6.45) is -4.27. The fraction of sp³-hybridized carbons (Fsp3) is 0.333. The van der Waals surface area contributed by atoms with Crippen LogP contribution < -0.4 is 5.73 Å². The maximum absolute atomic E-state index is 12.1. The average molecular weight is 226 g/mol. The number of nitrogens with two attached hydrogens (primary N) is 1. The highest BCUT2D eigenvalue weighted by Gasteiger charge is 2.29.